The molecule has 3 N–H and O–H groups in total. The number of rotatable bonds is 3. The molecule has 1 aliphatic heterocycles. The molecule has 1 heterocycles. The molecule has 0 bridgehead atoms. The number of phenolic OH excluding ortho intramolecular Hbond substituents is 1. The average Bonchev–Trinajstić information content (AvgIpc) is 3.01. The van der Waals surface area contributed by atoms with Gasteiger partial charge in [0.25, 0.3) is 0 Å². The summed E-state index contributed by atoms with van der Waals surface area (Å²) in [5.41, 5.74) is 2.25. The molecule has 0 amide bonds. The molecule has 0 radical (unpaired) electrons. The third-order valence-electron chi connectivity index (χ3n) is 16.0. The Kier molecular flexibility index (Phi) is 7.56. The van der Waals surface area contributed by atoms with Crippen LogP contribution in [0.4, 0.5) is 0 Å². The Morgan fingerprint density at radius 1 is 0.913 bits per heavy atom. The van der Waals surface area contributed by atoms with E-state index in [2.05, 4.69) is 55.4 Å². The van der Waals surface area contributed by atoms with E-state index in [1.807, 2.05) is 12.1 Å². The summed E-state index contributed by atoms with van der Waals surface area (Å²) in [7, 11) is 1.56. The Hall–Kier alpha value is -1.76. The van der Waals surface area contributed by atoms with Gasteiger partial charge in [0, 0.05) is 5.92 Å². The van der Waals surface area contributed by atoms with E-state index >= 15 is 0 Å². The van der Waals surface area contributed by atoms with Crippen LogP contribution in [0.2, 0.25) is 0 Å². The Balaban J connectivity index is 1.46. The van der Waals surface area contributed by atoms with Crippen molar-refractivity contribution in [2.45, 2.75) is 131 Å². The topological polar surface area (TPSA) is 88.4 Å². The molecule has 256 valence electrons. The first-order valence-corrected chi connectivity index (χ1v) is 18.3. The minimum Gasteiger partial charge on any atom is -0.504 e. The predicted molar refractivity (Wildman–Crippen MR) is 179 cm³/mol. The van der Waals surface area contributed by atoms with Crippen molar-refractivity contribution in [2.75, 3.05) is 13.7 Å². The molecule has 7 rings (SSSR count). The Morgan fingerprint density at radius 2 is 1.65 bits per heavy atom. The van der Waals surface area contributed by atoms with Crippen molar-refractivity contribution in [3.63, 3.8) is 0 Å². The highest BCUT2D eigenvalue weighted by molar-refractivity contribution is 5.44. The van der Waals surface area contributed by atoms with Crippen molar-refractivity contribution >= 4 is 0 Å². The SMILES string of the molecule is COc1cc([C@H]2O[C@@H]3C(=C4[C@@H]5[C@@H](C)[C@H](C)CC[C@]5(C)CC[C@@]4(C)[C@]4(C)CC[C@H]5C(C)(C)[C@@H](O)CC[C@]5(C)[C@@H]34)O[C@@H]2CO)ccc1O. The van der Waals surface area contributed by atoms with Crippen LogP contribution >= 0.6 is 0 Å². The number of fused-ring (bicyclic) bond motifs is 9. The smallest absolute Gasteiger partial charge is 0.160 e. The zero-order chi connectivity index (χ0) is 33.2. The summed E-state index contributed by atoms with van der Waals surface area (Å²) in [5, 5.41) is 32.7. The van der Waals surface area contributed by atoms with Gasteiger partial charge in [0.15, 0.2) is 17.6 Å². The van der Waals surface area contributed by atoms with E-state index in [1.165, 1.54) is 24.8 Å². The highest BCUT2D eigenvalue weighted by atomic mass is 16.6. The van der Waals surface area contributed by atoms with E-state index in [-0.39, 0.29) is 57.6 Å². The Labute approximate surface area is 277 Å². The van der Waals surface area contributed by atoms with Crippen LogP contribution < -0.4 is 4.74 Å². The molecule has 6 nitrogen and oxygen atoms in total. The summed E-state index contributed by atoms with van der Waals surface area (Å²) in [6, 6.07) is 5.37. The van der Waals surface area contributed by atoms with Crippen molar-refractivity contribution in [3.05, 3.63) is 35.1 Å². The van der Waals surface area contributed by atoms with Gasteiger partial charge in [-0.25, -0.2) is 0 Å². The molecule has 0 aromatic heterocycles. The van der Waals surface area contributed by atoms with Gasteiger partial charge < -0.3 is 29.5 Å². The van der Waals surface area contributed by atoms with Gasteiger partial charge in [-0.15, -0.1) is 0 Å². The van der Waals surface area contributed by atoms with Crippen LogP contribution in [0, 0.1) is 56.7 Å². The Bertz CT molecular complexity index is 1400. The molecule has 13 atom stereocenters. The van der Waals surface area contributed by atoms with Gasteiger partial charge in [0.05, 0.1) is 19.8 Å². The molecule has 46 heavy (non-hydrogen) atoms. The molecule has 4 saturated carbocycles. The maximum Gasteiger partial charge on any atom is 0.160 e. The van der Waals surface area contributed by atoms with Crippen molar-refractivity contribution in [1.29, 1.82) is 0 Å². The number of methoxy groups -OCH3 is 1. The van der Waals surface area contributed by atoms with E-state index in [9.17, 15) is 15.3 Å². The first-order valence-electron chi connectivity index (χ1n) is 18.3. The van der Waals surface area contributed by atoms with Crippen molar-refractivity contribution in [2.24, 2.45) is 56.7 Å². The molecule has 0 spiro atoms. The molecule has 1 aromatic rings. The fourth-order valence-electron chi connectivity index (χ4n) is 13.0. The van der Waals surface area contributed by atoms with Crippen molar-refractivity contribution in [3.8, 4) is 11.5 Å². The van der Waals surface area contributed by atoms with Gasteiger partial charge >= 0.3 is 0 Å². The van der Waals surface area contributed by atoms with Gasteiger partial charge in [-0.05, 0) is 125 Å². The summed E-state index contributed by atoms with van der Waals surface area (Å²) in [5.74, 6) is 3.64. The minimum absolute atomic E-state index is 0.0194. The number of ether oxygens (including phenoxy) is 3. The Morgan fingerprint density at radius 3 is 2.35 bits per heavy atom. The molecule has 5 fully saturated rings. The molecule has 1 aromatic carbocycles. The summed E-state index contributed by atoms with van der Waals surface area (Å²) < 4.78 is 20.3. The molecule has 6 aliphatic rings. The summed E-state index contributed by atoms with van der Waals surface area (Å²) in [6.07, 6.45) is 7.26. The predicted octanol–water partition coefficient (Wildman–Crippen LogP) is 8.19. The lowest BCUT2D eigenvalue weighted by atomic mass is 9.32. The number of hydrogen-bond donors (Lipinski definition) is 3. The van der Waals surface area contributed by atoms with Gasteiger partial charge in [0.2, 0.25) is 0 Å². The maximum atomic E-state index is 11.3. The van der Waals surface area contributed by atoms with Gasteiger partial charge in [0.1, 0.15) is 18.0 Å². The second-order valence-corrected chi connectivity index (χ2v) is 18.2. The zero-order valence-corrected chi connectivity index (χ0v) is 29.9. The standard InChI is InChI=1S/C40H60O6/c1-22-12-15-37(5)18-19-39(7)31(30(37)23(22)2)33-34(46-32(27(21-41)45-33)24-10-11-25(42)26(20-24)44-9)35-38(6)16-14-29(43)36(3,4)28(38)13-17-40(35,39)8/h10-11,20,22-23,27-30,32,34-35,41-43H,12-19,21H2,1-9H3/t22-,23+,27-,28+,29+,30+,32-,34-,35-,37-,38+,39-,40-/m1/s1. The first kappa shape index (κ1) is 32.8. The van der Waals surface area contributed by atoms with E-state index < -0.39 is 12.2 Å². The van der Waals surface area contributed by atoms with Gasteiger partial charge in [-0.1, -0.05) is 61.5 Å². The fourth-order valence-corrected chi connectivity index (χ4v) is 13.0. The normalized spacial score (nSPS) is 49.4. The lowest BCUT2D eigenvalue weighted by Gasteiger charge is -2.73. The van der Waals surface area contributed by atoms with E-state index in [1.54, 1.807) is 13.2 Å². The lowest BCUT2D eigenvalue weighted by molar-refractivity contribution is -0.275. The van der Waals surface area contributed by atoms with Crippen LogP contribution in [0.15, 0.2) is 29.5 Å². The second-order valence-electron chi connectivity index (χ2n) is 18.2. The number of allylic oxidation sites excluding steroid dienone is 1. The van der Waals surface area contributed by atoms with Crippen molar-refractivity contribution in [1.82, 2.24) is 0 Å². The quantitative estimate of drug-likeness (QED) is 0.310. The van der Waals surface area contributed by atoms with E-state index in [4.69, 9.17) is 14.2 Å². The van der Waals surface area contributed by atoms with Crippen LogP contribution in [-0.2, 0) is 9.47 Å². The number of hydrogen-bond acceptors (Lipinski definition) is 6. The molecule has 0 unspecified atom stereocenters. The van der Waals surface area contributed by atoms with Gasteiger partial charge in [-0.3, -0.25) is 0 Å². The maximum absolute atomic E-state index is 11.3. The summed E-state index contributed by atoms with van der Waals surface area (Å²) in [4.78, 5) is 0. The van der Waals surface area contributed by atoms with Crippen LogP contribution in [0.25, 0.3) is 0 Å². The van der Waals surface area contributed by atoms with Crippen LogP contribution in [-0.4, -0.2) is 47.3 Å². The molecule has 1 saturated heterocycles. The van der Waals surface area contributed by atoms with E-state index in [0.717, 1.165) is 43.4 Å². The number of benzene rings is 1. The number of aromatic hydroxyl groups is 1. The van der Waals surface area contributed by atoms with E-state index in [0.29, 0.717) is 29.4 Å². The average molecular weight is 637 g/mol. The fraction of sp³-hybridized carbons (Fsp3) is 0.800. The largest absolute Gasteiger partial charge is 0.504 e. The third kappa shape index (κ3) is 4.17. The number of aliphatic hydroxyl groups excluding tert-OH is 2. The third-order valence-corrected chi connectivity index (χ3v) is 16.0. The number of aliphatic hydroxyl groups is 2. The lowest BCUT2D eigenvalue weighted by Crippen LogP contribution is -2.69. The first-order chi connectivity index (χ1) is 21.6. The van der Waals surface area contributed by atoms with Crippen LogP contribution in [0.5, 0.6) is 11.5 Å². The van der Waals surface area contributed by atoms with Crippen molar-refractivity contribution < 1.29 is 29.5 Å². The summed E-state index contributed by atoms with van der Waals surface area (Å²) in [6.45, 7) is 19.6. The number of phenols is 1. The molecule has 6 heteroatoms. The molecular formula is C40H60O6. The van der Waals surface area contributed by atoms with Gasteiger partial charge in [-0.2, -0.15) is 0 Å². The zero-order valence-electron chi connectivity index (χ0n) is 29.9. The molecular weight excluding hydrogens is 576 g/mol. The van der Waals surface area contributed by atoms with Crippen LogP contribution in [0.1, 0.15) is 118 Å². The monoisotopic (exact) mass is 636 g/mol. The molecule has 5 aliphatic carbocycles. The minimum atomic E-state index is -0.567. The van der Waals surface area contributed by atoms with Crippen LogP contribution in [0.3, 0.4) is 0 Å². The highest BCUT2D eigenvalue weighted by Gasteiger charge is 2.73. The summed E-state index contributed by atoms with van der Waals surface area (Å²) >= 11 is 0. The highest BCUT2D eigenvalue weighted by Crippen LogP contribution is 2.77. The second kappa shape index (κ2) is 10.6.